The highest BCUT2D eigenvalue weighted by Gasteiger charge is 2.21. The van der Waals surface area contributed by atoms with Crippen molar-refractivity contribution in [2.75, 3.05) is 18.5 Å². The molecule has 0 aliphatic carbocycles. The van der Waals surface area contributed by atoms with Gasteiger partial charge in [0.2, 0.25) is 0 Å². The Kier molecular flexibility index (Phi) is 5.75. The second-order valence-corrected chi connectivity index (χ2v) is 6.80. The molecule has 5 nitrogen and oxygen atoms in total. The van der Waals surface area contributed by atoms with Crippen LogP contribution in [-0.2, 0) is 9.53 Å². The molecule has 1 aromatic heterocycles. The summed E-state index contributed by atoms with van der Waals surface area (Å²) in [6, 6.07) is 14.2. The maximum Gasteiger partial charge on any atom is 0.341 e. The average molecular weight is 390 g/mol. The fraction of sp³-hybridized carbons (Fsp3) is 0.158. The number of hydrogen-bond donors (Lipinski definition) is 1. The van der Waals surface area contributed by atoms with Crippen molar-refractivity contribution in [2.45, 2.75) is 6.92 Å². The number of nitrogens with one attached hydrogen (secondary N) is 1. The molecule has 0 saturated heterocycles. The van der Waals surface area contributed by atoms with Gasteiger partial charge in [0, 0.05) is 15.1 Å². The van der Waals surface area contributed by atoms with E-state index in [1.54, 1.807) is 31.2 Å². The zero-order chi connectivity index (χ0) is 18.5. The van der Waals surface area contributed by atoms with Gasteiger partial charge in [-0.1, -0.05) is 29.8 Å². The highest BCUT2D eigenvalue weighted by atomic mass is 35.5. The van der Waals surface area contributed by atoms with Gasteiger partial charge in [-0.2, -0.15) is 0 Å². The quantitative estimate of drug-likeness (QED) is 0.618. The number of amides is 1. The number of hydrogen-bond acceptors (Lipinski definition) is 5. The van der Waals surface area contributed by atoms with Crippen molar-refractivity contribution in [2.24, 2.45) is 0 Å². The molecule has 0 unspecified atom stereocenters. The summed E-state index contributed by atoms with van der Waals surface area (Å²) in [5.74, 6) is -0.289. The number of anilines is 1. The van der Waals surface area contributed by atoms with Crippen molar-refractivity contribution in [1.29, 1.82) is 0 Å². The molecule has 26 heavy (non-hydrogen) atoms. The number of halogens is 1. The van der Waals surface area contributed by atoms with Gasteiger partial charge in [-0.25, -0.2) is 4.79 Å². The van der Waals surface area contributed by atoms with E-state index in [1.165, 1.54) is 11.3 Å². The van der Waals surface area contributed by atoms with Crippen LogP contribution >= 0.6 is 22.9 Å². The second-order valence-electron chi connectivity index (χ2n) is 5.31. The number of carbonyl (C=O) groups is 2. The first-order chi connectivity index (χ1) is 12.6. The summed E-state index contributed by atoms with van der Waals surface area (Å²) in [4.78, 5) is 24.6. The van der Waals surface area contributed by atoms with Gasteiger partial charge < -0.3 is 14.8 Å². The van der Waals surface area contributed by atoms with Crippen LogP contribution in [0.15, 0.2) is 48.5 Å². The Bertz CT molecular complexity index is 936. The molecular formula is C19H16ClNO4S. The maximum absolute atomic E-state index is 12.3. The van der Waals surface area contributed by atoms with Crippen LogP contribution in [-0.4, -0.2) is 25.1 Å². The molecule has 2 aromatic carbocycles. The molecule has 0 aliphatic heterocycles. The molecule has 3 aromatic rings. The molecule has 0 atom stereocenters. The minimum atomic E-state index is -0.459. The zero-order valence-electron chi connectivity index (χ0n) is 14.0. The van der Waals surface area contributed by atoms with Gasteiger partial charge in [-0.3, -0.25) is 4.79 Å². The lowest BCUT2D eigenvalue weighted by molar-refractivity contribution is -0.118. The van der Waals surface area contributed by atoms with E-state index in [0.717, 1.165) is 10.1 Å². The van der Waals surface area contributed by atoms with Gasteiger partial charge in [-0.15, -0.1) is 11.3 Å². The highest BCUT2D eigenvalue weighted by molar-refractivity contribution is 7.23. The van der Waals surface area contributed by atoms with E-state index >= 15 is 0 Å². The van der Waals surface area contributed by atoms with E-state index in [9.17, 15) is 9.59 Å². The number of rotatable bonds is 6. The Morgan fingerprint density at radius 3 is 2.58 bits per heavy atom. The second kappa shape index (κ2) is 8.21. The van der Waals surface area contributed by atoms with Crippen molar-refractivity contribution in [1.82, 2.24) is 0 Å². The summed E-state index contributed by atoms with van der Waals surface area (Å²) in [6.45, 7) is 1.82. The van der Waals surface area contributed by atoms with Crippen molar-refractivity contribution in [3.05, 3.63) is 59.1 Å². The van der Waals surface area contributed by atoms with Crippen LogP contribution in [0.2, 0.25) is 5.02 Å². The van der Waals surface area contributed by atoms with E-state index < -0.39 is 5.97 Å². The Balaban J connectivity index is 1.76. The van der Waals surface area contributed by atoms with E-state index in [0.29, 0.717) is 21.3 Å². The first-order valence-corrected chi connectivity index (χ1v) is 9.14. The van der Waals surface area contributed by atoms with Gasteiger partial charge in [0.05, 0.1) is 6.61 Å². The summed E-state index contributed by atoms with van der Waals surface area (Å²) in [5.41, 5.74) is 0.368. The Labute approximate surface area is 159 Å². The van der Waals surface area contributed by atoms with Gasteiger partial charge in [0.25, 0.3) is 5.91 Å². The lowest BCUT2D eigenvalue weighted by Gasteiger charge is -2.08. The lowest BCUT2D eigenvalue weighted by Crippen LogP contribution is -2.21. The van der Waals surface area contributed by atoms with Crippen molar-refractivity contribution < 1.29 is 19.1 Å². The number of carbonyl (C=O) groups excluding carboxylic acids is 2. The minimum absolute atomic E-state index is 0.182. The van der Waals surface area contributed by atoms with E-state index in [-0.39, 0.29) is 19.1 Å². The van der Waals surface area contributed by atoms with Gasteiger partial charge >= 0.3 is 5.97 Å². The summed E-state index contributed by atoms with van der Waals surface area (Å²) >= 11 is 7.14. The largest absolute Gasteiger partial charge is 0.484 e. The molecular weight excluding hydrogens is 374 g/mol. The molecule has 0 fully saturated rings. The predicted octanol–water partition coefficient (Wildman–Crippen LogP) is 4.75. The van der Waals surface area contributed by atoms with Crippen LogP contribution in [0.25, 0.3) is 10.1 Å². The molecule has 1 heterocycles. The van der Waals surface area contributed by atoms with E-state index in [1.807, 2.05) is 24.3 Å². The molecule has 134 valence electrons. The molecule has 0 saturated carbocycles. The van der Waals surface area contributed by atoms with Crippen LogP contribution in [0.1, 0.15) is 17.3 Å². The standard InChI is InChI=1S/C19H16ClNO4S/c1-2-24-19(23)17-14-5-3-4-6-15(14)26-18(17)21-16(22)11-25-13-9-7-12(20)8-10-13/h3-10H,2,11H2,1H3,(H,21,22). The molecule has 0 bridgehead atoms. The number of thiophene rings is 1. The summed E-state index contributed by atoms with van der Waals surface area (Å²) in [6.07, 6.45) is 0. The van der Waals surface area contributed by atoms with Crippen molar-refractivity contribution in [3.8, 4) is 5.75 Å². The molecule has 1 amide bonds. The molecule has 7 heteroatoms. The van der Waals surface area contributed by atoms with Crippen LogP contribution in [0.3, 0.4) is 0 Å². The number of fused-ring (bicyclic) bond motifs is 1. The summed E-state index contributed by atoms with van der Waals surface area (Å²) < 4.78 is 11.5. The fourth-order valence-electron chi connectivity index (χ4n) is 2.38. The van der Waals surface area contributed by atoms with Crippen LogP contribution < -0.4 is 10.1 Å². The SMILES string of the molecule is CCOC(=O)c1c(NC(=O)COc2ccc(Cl)cc2)sc2ccccc12. The van der Waals surface area contributed by atoms with Crippen molar-refractivity contribution in [3.63, 3.8) is 0 Å². The first kappa shape index (κ1) is 18.2. The minimum Gasteiger partial charge on any atom is -0.484 e. The third kappa shape index (κ3) is 4.15. The van der Waals surface area contributed by atoms with Gasteiger partial charge in [0.15, 0.2) is 6.61 Å². The predicted molar refractivity (Wildman–Crippen MR) is 103 cm³/mol. The monoisotopic (exact) mass is 389 g/mol. The first-order valence-electron chi connectivity index (χ1n) is 7.95. The Morgan fingerprint density at radius 2 is 1.85 bits per heavy atom. The third-order valence-corrected chi connectivity index (χ3v) is 4.85. The molecule has 0 radical (unpaired) electrons. The van der Waals surface area contributed by atoms with E-state index in [2.05, 4.69) is 5.32 Å². The zero-order valence-corrected chi connectivity index (χ0v) is 15.5. The number of esters is 1. The van der Waals surface area contributed by atoms with Crippen LogP contribution in [0.4, 0.5) is 5.00 Å². The maximum atomic E-state index is 12.3. The van der Waals surface area contributed by atoms with Crippen LogP contribution in [0, 0.1) is 0 Å². The summed E-state index contributed by atoms with van der Waals surface area (Å²) in [5, 5.41) is 4.55. The molecule has 1 N–H and O–H groups in total. The Hall–Kier alpha value is -2.57. The molecule has 0 spiro atoms. The number of ether oxygens (including phenoxy) is 2. The third-order valence-electron chi connectivity index (χ3n) is 3.51. The topological polar surface area (TPSA) is 64.6 Å². The number of benzene rings is 2. The molecule has 3 rings (SSSR count). The summed E-state index contributed by atoms with van der Waals surface area (Å²) in [7, 11) is 0. The normalized spacial score (nSPS) is 10.5. The smallest absolute Gasteiger partial charge is 0.341 e. The fourth-order valence-corrected chi connectivity index (χ4v) is 3.61. The highest BCUT2D eigenvalue weighted by Crippen LogP contribution is 2.36. The average Bonchev–Trinajstić information content (AvgIpc) is 2.99. The van der Waals surface area contributed by atoms with Gasteiger partial charge in [0.1, 0.15) is 16.3 Å². The van der Waals surface area contributed by atoms with Gasteiger partial charge in [-0.05, 0) is 37.3 Å². The van der Waals surface area contributed by atoms with Crippen molar-refractivity contribution >= 4 is 49.9 Å². The molecule has 0 aliphatic rings. The van der Waals surface area contributed by atoms with E-state index in [4.69, 9.17) is 21.1 Å². The van der Waals surface area contributed by atoms with Crippen LogP contribution in [0.5, 0.6) is 5.75 Å². The Morgan fingerprint density at radius 1 is 1.12 bits per heavy atom. The lowest BCUT2D eigenvalue weighted by atomic mass is 10.1.